The van der Waals surface area contributed by atoms with E-state index in [-0.39, 0.29) is 35.7 Å². The SMILES string of the molecule is CCc1ccc(CNC(=O)c2cc3n(n2)C[C@](C)(C(=O)NCc2ccccc2)N(C)C3=O)cc1. The average Bonchev–Trinajstić information content (AvgIpc) is 3.29. The van der Waals surface area contributed by atoms with E-state index in [9.17, 15) is 14.4 Å². The minimum absolute atomic E-state index is 0.149. The Balaban J connectivity index is 1.45. The molecule has 3 amide bonds. The van der Waals surface area contributed by atoms with E-state index < -0.39 is 5.54 Å². The van der Waals surface area contributed by atoms with E-state index >= 15 is 0 Å². The van der Waals surface area contributed by atoms with Crippen LogP contribution in [0.15, 0.2) is 60.7 Å². The van der Waals surface area contributed by atoms with Gasteiger partial charge in [-0.05, 0) is 30.0 Å². The fourth-order valence-corrected chi connectivity index (χ4v) is 3.97. The van der Waals surface area contributed by atoms with Gasteiger partial charge in [0.15, 0.2) is 5.69 Å². The normalized spacial score (nSPS) is 17.3. The third-order valence-corrected chi connectivity index (χ3v) is 6.40. The quantitative estimate of drug-likeness (QED) is 0.568. The molecular formula is C26H29N5O3. The molecule has 0 radical (unpaired) electrons. The minimum atomic E-state index is -1.14. The van der Waals surface area contributed by atoms with Gasteiger partial charge in [0.05, 0.1) is 6.54 Å². The molecule has 2 N–H and O–H groups in total. The van der Waals surface area contributed by atoms with Crippen molar-refractivity contribution >= 4 is 17.7 Å². The number of rotatable bonds is 7. The third-order valence-electron chi connectivity index (χ3n) is 6.40. The van der Waals surface area contributed by atoms with Crippen molar-refractivity contribution in [1.29, 1.82) is 0 Å². The Hall–Kier alpha value is -3.94. The molecule has 0 unspecified atom stereocenters. The number of hydrogen-bond acceptors (Lipinski definition) is 4. The summed E-state index contributed by atoms with van der Waals surface area (Å²) in [6, 6.07) is 19.1. The average molecular weight is 460 g/mol. The molecule has 8 heteroatoms. The van der Waals surface area contributed by atoms with Crippen molar-refractivity contribution in [2.24, 2.45) is 0 Å². The first-order chi connectivity index (χ1) is 16.3. The van der Waals surface area contributed by atoms with Gasteiger partial charge in [0.1, 0.15) is 11.2 Å². The lowest BCUT2D eigenvalue weighted by Gasteiger charge is -2.40. The fraction of sp³-hybridized carbons (Fsp3) is 0.308. The molecule has 0 fully saturated rings. The lowest BCUT2D eigenvalue weighted by molar-refractivity contribution is -0.132. The zero-order chi connectivity index (χ0) is 24.3. The van der Waals surface area contributed by atoms with Crippen LogP contribution in [0.5, 0.6) is 0 Å². The molecule has 8 nitrogen and oxygen atoms in total. The number of aromatic nitrogens is 2. The van der Waals surface area contributed by atoms with Gasteiger partial charge >= 0.3 is 0 Å². The van der Waals surface area contributed by atoms with E-state index in [1.807, 2.05) is 54.6 Å². The maximum Gasteiger partial charge on any atom is 0.272 e. The molecule has 34 heavy (non-hydrogen) atoms. The van der Waals surface area contributed by atoms with Crippen LogP contribution in [-0.4, -0.2) is 45.0 Å². The van der Waals surface area contributed by atoms with Crippen LogP contribution >= 0.6 is 0 Å². The molecule has 3 aromatic rings. The molecule has 2 heterocycles. The maximum absolute atomic E-state index is 13.1. The van der Waals surface area contributed by atoms with Crippen molar-refractivity contribution in [3.05, 3.63) is 88.7 Å². The molecule has 0 aliphatic carbocycles. The molecule has 1 aliphatic rings. The Bertz CT molecular complexity index is 1200. The molecule has 1 aliphatic heterocycles. The monoisotopic (exact) mass is 459 g/mol. The van der Waals surface area contributed by atoms with Crippen LogP contribution in [0.3, 0.4) is 0 Å². The van der Waals surface area contributed by atoms with Crippen LogP contribution in [0.1, 0.15) is 51.5 Å². The van der Waals surface area contributed by atoms with Crippen molar-refractivity contribution in [2.75, 3.05) is 7.05 Å². The van der Waals surface area contributed by atoms with Crippen LogP contribution in [0.4, 0.5) is 0 Å². The topological polar surface area (TPSA) is 96.3 Å². The Morgan fingerprint density at radius 3 is 2.26 bits per heavy atom. The highest BCUT2D eigenvalue weighted by molar-refractivity contribution is 6.01. The van der Waals surface area contributed by atoms with Gasteiger partial charge in [-0.15, -0.1) is 0 Å². The highest BCUT2D eigenvalue weighted by Crippen LogP contribution is 2.26. The predicted molar refractivity (Wildman–Crippen MR) is 128 cm³/mol. The first kappa shape index (κ1) is 23.2. The lowest BCUT2D eigenvalue weighted by Crippen LogP contribution is -2.62. The summed E-state index contributed by atoms with van der Waals surface area (Å²) >= 11 is 0. The van der Waals surface area contributed by atoms with E-state index in [1.165, 1.54) is 21.2 Å². The first-order valence-corrected chi connectivity index (χ1v) is 11.4. The minimum Gasteiger partial charge on any atom is -0.350 e. The van der Waals surface area contributed by atoms with Gasteiger partial charge < -0.3 is 15.5 Å². The Morgan fingerprint density at radius 1 is 0.971 bits per heavy atom. The summed E-state index contributed by atoms with van der Waals surface area (Å²) in [4.78, 5) is 40.2. The number of fused-ring (bicyclic) bond motifs is 1. The number of nitrogens with one attached hydrogen (secondary N) is 2. The number of carbonyl (C=O) groups is 3. The van der Waals surface area contributed by atoms with E-state index in [0.717, 1.165) is 17.5 Å². The molecule has 0 bridgehead atoms. The van der Waals surface area contributed by atoms with Crippen LogP contribution in [0.2, 0.25) is 0 Å². The van der Waals surface area contributed by atoms with E-state index in [2.05, 4.69) is 22.7 Å². The Morgan fingerprint density at radius 2 is 1.59 bits per heavy atom. The highest BCUT2D eigenvalue weighted by Gasteiger charge is 2.46. The lowest BCUT2D eigenvalue weighted by atomic mass is 9.96. The smallest absolute Gasteiger partial charge is 0.272 e. The summed E-state index contributed by atoms with van der Waals surface area (Å²) < 4.78 is 1.45. The molecule has 4 rings (SSSR count). The number of carbonyl (C=O) groups excluding carboxylic acids is 3. The number of nitrogens with zero attached hydrogens (tertiary/aromatic N) is 3. The van der Waals surface area contributed by atoms with Crippen molar-refractivity contribution in [3.8, 4) is 0 Å². The summed E-state index contributed by atoms with van der Waals surface area (Å²) in [5, 5.41) is 10.1. The molecule has 2 aromatic carbocycles. The molecule has 0 spiro atoms. The largest absolute Gasteiger partial charge is 0.350 e. The van der Waals surface area contributed by atoms with E-state index in [4.69, 9.17) is 0 Å². The van der Waals surface area contributed by atoms with Crippen LogP contribution < -0.4 is 10.6 Å². The summed E-state index contributed by atoms with van der Waals surface area (Å²) in [6.07, 6.45) is 0.957. The summed E-state index contributed by atoms with van der Waals surface area (Å²) in [6.45, 7) is 4.66. The van der Waals surface area contributed by atoms with Gasteiger partial charge in [0.25, 0.3) is 11.8 Å². The zero-order valence-corrected chi connectivity index (χ0v) is 19.7. The van der Waals surface area contributed by atoms with Gasteiger partial charge in [-0.25, -0.2) is 0 Å². The maximum atomic E-state index is 13.1. The van der Waals surface area contributed by atoms with Crippen LogP contribution in [0.25, 0.3) is 0 Å². The molecule has 1 aromatic heterocycles. The van der Waals surface area contributed by atoms with E-state index in [0.29, 0.717) is 13.1 Å². The Kier molecular flexibility index (Phi) is 6.49. The second-order valence-corrected chi connectivity index (χ2v) is 8.73. The van der Waals surface area contributed by atoms with E-state index in [1.54, 1.807) is 14.0 Å². The predicted octanol–water partition coefficient (Wildman–Crippen LogP) is 2.54. The van der Waals surface area contributed by atoms with Crippen LogP contribution in [0, 0.1) is 0 Å². The number of aryl methyl sites for hydroxylation is 1. The first-order valence-electron chi connectivity index (χ1n) is 11.4. The van der Waals surface area contributed by atoms with Crippen molar-refractivity contribution in [2.45, 2.75) is 45.4 Å². The number of amides is 3. The summed E-state index contributed by atoms with van der Waals surface area (Å²) in [5.41, 5.74) is 2.47. The van der Waals surface area contributed by atoms with Crippen molar-refractivity contribution < 1.29 is 14.4 Å². The standard InChI is InChI=1S/C26H29N5O3/c1-4-18-10-12-20(13-11-18)15-27-23(32)21-14-22-24(33)30(3)26(2,17-31(22)29-21)25(34)28-16-19-8-6-5-7-9-19/h5-14H,4,15-17H2,1-3H3,(H,27,32)(H,28,34)/t26-/m1/s1. The van der Waals surface area contributed by atoms with Crippen molar-refractivity contribution in [1.82, 2.24) is 25.3 Å². The fourth-order valence-electron chi connectivity index (χ4n) is 3.97. The zero-order valence-electron chi connectivity index (χ0n) is 19.7. The van der Waals surface area contributed by atoms with Gasteiger partial charge in [-0.3, -0.25) is 19.1 Å². The number of likely N-dealkylation sites (N-methyl/N-ethyl adjacent to an activating group) is 1. The summed E-state index contributed by atoms with van der Waals surface area (Å²) in [7, 11) is 1.60. The number of hydrogen-bond donors (Lipinski definition) is 2. The molecule has 0 saturated heterocycles. The second kappa shape index (κ2) is 9.51. The molecular weight excluding hydrogens is 430 g/mol. The summed E-state index contributed by atoms with van der Waals surface area (Å²) in [5.74, 6) is -1.01. The molecule has 176 valence electrons. The van der Waals surface area contributed by atoms with Gasteiger partial charge in [0, 0.05) is 26.2 Å². The van der Waals surface area contributed by atoms with Crippen molar-refractivity contribution in [3.63, 3.8) is 0 Å². The second-order valence-electron chi connectivity index (χ2n) is 8.73. The number of benzene rings is 2. The van der Waals surface area contributed by atoms with Gasteiger partial charge in [-0.1, -0.05) is 61.5 Å². The van der Waals surface area contributed by atoms with Gasteiger partial charge in [-0.2, -0.15) is 5.10 Å². The van der Waals surface area contributed by atoms with Crippen LogP contribution in [-0.2, 0) is 30.8 Å². The third kappa shape index (κ3) is 4.57. The molecule has 0 saturated carbocycles. The highest BCUT2D eigenvalue weighted by atomic mass is 16.2. The molecule has 1 atom stereocenters. The Labute approximate surface area is 199 Å². The van der Waals surface area contributed by atoms with Gasteiger partial charge in [0.2, 0.25) is 5.91 Å².